The van der Waals surface area contributed by atoms with Crippen molar-refractivity contribution in [2.45, 2.75) is 25.8 Å². The summed E-state index contributed by atoms with van der Waals surface area (Å²) < 4.78 is 13.8. The molecule has 2 saturated heterocycles. The third-order valence-electron chi connectivity index (χ3n) is 6.02. The molecular formula is C21H29FN4O. The highest BCUT2D eigenvalue weighted by Gasteiger charge is 2.28. The summed E-state index contributed by atoms with van der Waals surface area (Å²) in [4.78, 5) is 11.9. The number of piperidine rings is 1. The van der Waals surface area contributed by atoms with Gasteiger partial charge < -0.3 is 10.0 Å². The van der Waals surface area contributed by atoms with E-state index >= 15 is 0 Å². The predicted octanol–water partition coefficient (Wildman–Crippen LogP) is 2.26. The first-order chi connectivity index (χ1) is 13.1. The number of nitrogens with zero attached hydrogens (tertiary/aromatic N) is 4. The van der Waals surface area contributed by atoms with Crippen LogP contribution in [0.25, 0.3) is 10.9 Å². The van der Waals surface area contributed by atoms with E-state index in [1.807, 2.05) is 6.92 Å². The van der Waals surface area contributed by atoms with E-state index in [0.29, 0.717) is 6.04 Å². The van der Waals surface area contributed by atoms with E-state index in [4.69, 9.17) is 5.11 Å². The quantitative estimate of drug-likeness (QED) is 0.892. The van der Waals surface area contributed by atoms with Gasteiger partial charge in [-0.05, 0) is 44.0 Å². The molecule has 0 atom stereocenters. The fraction of sp³-hybridized carbons (Fsp3) is 0.571. The van der Waals surface area contributed by atoms with Gasteiger partial charge in [-0.2, -0.15) is 0 Å². The molecule has 27 heavy (non-hydrogen) atoms. The van der Waals surface area contributed by atoms with Crippen LogP contribution in [0.5, 0.6) is 0 Å². The molecule has 146 valence electrons. The van der Waals surface area contributed by atoms with Crippen molar-refractivity contribution in [3.8, 4) is 0 Å². The van der Waals surface area contributed by atoms with Crippen LogP contribution in [0.3, 0.4) is 0 Å². The van der Waals surface area contributed by atoms with Gasteiger partial charge in [-0.25, -0.2) is 4.39 Å². The fourth-order valence-electron chi connectivity index (χ4n) is 4.54. The monoisotopic (exact) mass is 372 g/mol. The second-order valence-corrected chi connectivity index (χ2v) is 7.76. The number of rotatable bonds is 4. The molecule has 0 saturated carbocycles. The zero-order chi connectivity index (χ0) is 18.8. The predicted molar refractivity (Wildman–Crippen MR) is 107 cm³/mol. The second kappa shape index (κ2) is 8.09. The minimum Gasteiger partial charge on any atom is -0.395 e. The molecule has 2 aliphatic heterocycles. The van der Waals surface area contributed by atoms with Crippen LogP contribution in [0.2, 0.25) is 0 Å². The van der Waals surface area contributed by atoms with Crippen LogP contribution in [0, 0.1) is 12.7 Å². The number of aryl methyl sites for hydroxylation is 1. The summed E-state index contributed by atoms with van der Waals surface area (Å²) in [5.74, 6) is -0.204. The summed E-state index contributed by atoms with van der Waals surface area (Å²) >= 11 is 0. The van der Waals surface area contributed by atoms with Crippen molar-refractivity contribution in [1.29, 1.82) is 0 Å². The smallest absolute Gasteiger partial charge is 0.124 e. The molecule has 3 heterocycles. The SMILES string of the molecule is Cc1cc(N2CCC(N3CCN(CCO)CC3)CC2)c2cc(F)ccc2n1. The lowest BCUT2D eigenvalue weighted by atomic mass is 10.0. The first-order valence-electron chi connectivity index (χ1n) is 10.0. The molecule has 0 spiro atoms. The highest BCUT2D eigenvalue weighted by molar-refractivity contribution is 5.92. The van der Waals surface area contributed by atoms with Crippen molar-refractivity contribution in [3.05, 3.63) is 35.8 Å². The number of fused-ring (bicyclic) bond motifs is 1. The number of pyridine rings is 1. The topological polar surface area (TPSA) is 42.8 Å². The van der Waals surface area contributed by atoms with Crippen LogP contribution < -0.4 is 4.90 Å². The summed E-state index contributed by atoms with van der Waals surface area (Å²) in [7, 11) is 0. The van der Waals surface area contributed by atoms with Gasteiger partial charge in [0.15, 0.2) is 0 Å². The molecule has 2 aromatic rings. The second-order valence-electron chi connectivity index (χ2n) is 7.76. The maximum Gasteiger partial charge on any atom is 0.124 e. The van der Waals surface area contributed by atoms with E-state index in [1.165, 1.54) is 6.07 Å². The molecule has 2 aliphatic rings. The largest absolute Gasteiger partial charge is 0.395 e. The first-order valence-corrected chi connectivity index (χ1v) is 10.0. The molecule has 0 radical (unpaired) electrons. The lowest BCUT2D eigenvalue weighted by Crippen LogP contribution is -2.53. The van der Waals surface area contributed by atoms with Crippen LogP contribution in [-0.2, 0) is 0 Å². The number of aromatic nitrogens is 1. The summed E-state index contributed by atoms with van der Waals surface area (Å²) in [6.45, 7) is 9.32. The standard InChI is InChI=1S/C21H29FN4O/c1-16-14-21(19-15-17(22)2-3-20(19)23-16)26-6-4-18(5-7-26)25-10-8-24(9-11-25)12-13-27/h2-3,14-15,18,27H,4-13H2,1H3. The Morgan fingerprint density at radius 2 is 1.81 bits per heavy atom. The number of piperazine rings is 1. The van der Waals surface area contributed by atoms with Gasteiger partial charge >= 0.3 is 0 Å². The van der Waals surface area contributed by atoms with Gasteiger partial charge in [0, 0.05) is 68.6 Å². The molecule has 0 bridgehead atoms. The number of β-amino-alcohol motifs (C(OH)–C–C–N with tert-alkyl or cyclic N) is 1. The zero-order valence-corrected chi connectivity index (χ0v) is 16.1. The lowest BCUT2D eigenvalue weighted by molar-refractivity contribution is 0.0747. The number of aliphatic hydroxyl groups is 1. The fourth-order valence-corrected chi connectivity index (χ4v) is 4.54. The Kier molecular flexibility index (Phi) is 5.57. The molecule has 0 amide bonds. The van der Waals surface area contributed by atoms with Crippen LogP contribution in [0.15, 0.2) is 24.3 Å². The number of benzene rings is 1. The van der Waals surface area contributed by atoms with E-state index in [9.17, 15) is 4.39 Å². The van der Waals surface area contributed by atoms with Gasteiger partial charge in [0.25, 0.3) is 0 Å². The maximum absolute atomic E-state index is 13.8. The van der Waals surface area contributed by atoms with E-state index in [1.54, 1.807) is 12.1 Å². The molecule has 2 fully saturated rings. The van der Waals surface area contributed by atoms with E-state index in [2.05, 4.69) is 25.8 Å². The molecule has 5 nitrogen and oxygen atoms in total. The minimum atomic E-state index is -0.204. The summed E-state index contributed by atoms with van der Waals surface area (Å²) in [5, 5.41) is 10.0. The van der Waals surface area contributed by atoms with Crippen molar-refractivity contribution in [2.24, 2.45) is 0 Å². The summed E-state index contributed by atoms with van der Waals surface area (Å²) in [6.07, 6.45) is 2.27. The van der Waals surface area contributed by atoms with Crippen molar-refractivity contribution in [3.63, 3.8) is 0 Å². The Hall–Kier alpha value is -1.76. The Morgan fingerprint density at radius 3 is 2.52 bits per heavy atom. The summed E-state index contributed by atoms with van der Waals surface area (Å²) in [5.41, 5.74) is 2.96. The minimum absolute atomic E-state index is 0.204. The van der Waals surface area contributed by atoms with Crippen LogP contribution in [-0.4, -0.2) is 78.4 Å². The van der Waals surface area contributed by atoms with E-state index in [-0.39, 0.29) is 12.4 Å². The highest BCUT2D eigenvalue weighted by Crippen LogP contribution is 2.30. The number of halogens is 1. The summed E-state index contributed by atoms with van der Waals surface area (Å²) in [6, 6.07) is 7.60. The third-order valence-corrected chi connectivity index (χ3v) is 6.02. The third kappa shape index (κ3) is 4.08. The van der Waals surface area contributed by atoms with Crippen LogP contribution in [0.4, 0.5) is 10.1 Å². The molecule has 4 rings (SSSR count). The Labute approximate surface area is 160 Å². The van der Waals surface area contributed by atoms with Gasteiger partial charge in [0.2, 0.25) is 0 Å². The maximum atomic E-state index is 13.8. The molecule has 0 unspecified atom stereocenters. The number of aliphatic hydroxyl groups excluding tert-OH is 1. The van der Waals surface area contributed by atoms with Gasteiger partial charge in [-0.3, -0.25) is 14.8 Å². The van der Waals surface area contributed by atoms with Crippen molar-refractivity contribution >= 4 is 16.6 Å². The molecular weight excluding hydrogens is 343 g/mol. The van der Waals surface area contributed by atoms with Gasteiger partial charge in [0.05, 0.1) is 12.1 Å². The lowest BCUT2D eigenvalue weighted by Gasteiger charge is -2.43. The van der Waals surface area contributed by atoms with Crippen molar-refractivity contribution in [1.82, 2.24) is 14.8 Å². The van der Waals surface area contributed by atoms with E-state index < -0.39 is 0 Å². The average Bonchev–Trinajstić information content (AvgIpc) is 2.69. The highest BCUT2D eigenvalue weighted by atomic mass is 19.1. The van der Waals surface area contributed by atoms with Gasteiger partial charge in [-0.15, -0.1) is 0 Å². The number of hydrogen-bond donors (Lipinski definition) is 1. The Morgan fingerprint density at radius 1 is 1.07 bits per heavy atom. The first kappa shape index (κ1) is 18.6. The van der Waals surface area contributed by atoms with E-state index in [0.717, 1.165) is 80.9 Å². The normalized spacial score (nSPS) is 20.5. The molecule has 1 aromatic heterocycles. The number of anilines is 1. The number of hydrogen-bond acceptors (Lipinski definition) is 5. The molecule has 1 N–H and O–H groups in total. The average molecular weight is 372 g/mol. The van der Waals surface area contributed by atoms with Gasteiger partial charge in [-0.1, -0.05) is 0 Å². The van der Waals surface area contributed by atoms with Crippen molar-refractivity contribution in [2.75, 3.05) is 57.3 Å². The zero-order valence-electron chi connectivity index (χ0n) is 16.1. The molecule has 0 aliphatic carbocycles. The van der Waals surface area contributed by atoms with Crippen molar-refractivity contribution < 1.29 is 9.50 Å². The van der Waals surface area contributed by atoms with Crippen LogP contribution >= 0.6 is 0 Å². The van der Waals surface area contributed by atoms with Gasteiger partial charge in [0.1, 0.15) is 5.82 Å². The van der Waals surface area contributed by atoms with Crippen LogP contribution in [0.1, 0.15) is 18.5 Å². The Bertz CT molecular complexity index is 783. The molecule has 6 heteroatoms. The Balaban J connectivity index is 1.43. The molecule has 1 aromatic carbocycles.